The third-order valence-corrected chi connectivity index (χ3v) is 7.15. The maximum Gasteiger partial charge on any atom is 0.345 e. The van der Waals surface area contributed by atoms with E-state index < -0.39 is 22.8 Å². The predicted octanol–water partition coefficient (Wildman–Crippen LogP) is 3.66. The molecule has 32 heavy (non-hydrogen) atoms. The van der Waals surface area contributed by atoms with E-state index in [4.69, 9.17) is 0 Å². The number of aryl methyl sites for hydroxylation is 2. The molecule has 3 N–H and O–H groups in total. The first kappa shape index (κ1) is 20.8. The van der Waals surface area contributed by atoms with E-state index in [0.29, 0.717) is 23.1 Å². The van der Waals surface area contributed by atoms with Gasteiger partial charge in [0.25, 0.3) is 5.56 Å². The zero-order valence-electron chi connectivity index (χ0n) is 18.8. The molecule has 3 heterocycles. The number of carbonyl (C=O) groups is 1. The van der Waals surface area contributed by atoms with Gasteiger partial charge in [0.2, 0.25) is 0 Å². The van der Waals surface area contributed by atoms with Gasteiger partial charge in [0.05, 0.1) is 5.69 Å². The Morgan fingerprint density at radius 2 is 2.00 bits per heavy atom. The van der Waals surface area contributed by atoms with E-state index >= 15 is 0 Å². The number of aromatic hydroxyl groups is 1. The van der Waals surface area contributed by atoms with Gasteiger partial charge in [0.15, 0.2) is 5.56 Å². The Bertz CT molecular complexity index is 1320. The second-order valence-corrected chi connectivity index (χ2v) is 10.1. The summed E-state index contributed by atoms with van der Waals surface area (Å²) in [5.74, 6) is -1.82. The molecule has 1 aliphatic heterocycles. The monoisotopic (exact) mass is 435 g/mol. The number of H-pyrrole nitrogens is 1. The Labute approximate surface area is 186 Å². The first-order valence-corrected chi connectivity index (χ1v) is 11.2. The molecule has 0 saturated carbocycles. The molecule has 1 saturated heterocycles. The van der Waals surface area contributed by atoms with Gasteiger partial charge in [0.1, 0.15) is 5.75 Å². The lowest BCUT2D eigenvalue weighted by molar-refractivity contribution is 0.0691. The van der Waals surface area contributed by atoms with Gasteiger partial charge in [-0.15, -0.1) is 0 Å². The fourth-order valence-electron chi connectivity index (χ4n) is 5.42. The first-order chi connectivity index (χ1) is 15.1. The molecule has 2 aliphatic rings. The maximum absolute atomic E-state index is 12.4. The van der Waals surface area contributed by atoms with E-state index in [1.807, 2.05) is 0 Å². The van der Waals surface area contributed by atoms with Crippen LogP contribution in [-0.4, -0.2) is 43.7 Å². The van der Waals surface area contributed by atoms with Gasteiger partial charge in [-0.1, -0.05) is 13.8 Å². The van der Waals surface area contributed by atoms with Gasteiger partial charge in [0, 0.05) is 47.9 Å². The highest BCUT2D eigenvalue weighted by Gasteiger charge is 2.30. The molecule has 7 nitrogen and oxygen atoms in total. The molecule has 1 fully saturated rings. The second-order valence-electron chi connectivity index (χ2n) is 10.1. The van der Waals surface area contributed by atoms with Crippen LogP contribution in [-0.2, 0) is 26.4 Å². The number of fused-ring (bicyclic) bond motifs is 4. The predicted molar refractivity (Wildman–Crippen MR) is 123 cm³/mol. The molecule has 5 rings (SSSR count). The van der Waals surface area contributed by atoms with E-state index in [1.165, 1.54) is 12.1 Å². The molecule has 1 aromatic carbocycles. The van der Waals surface area contributed by atoms with Crippen molar-refractivity contribution < 1.29 is 15.0 Å². The number of aromatic amines is 1. The van der Waals surface area contributed by atoms with Crippen molar-refractivity contribution in [1.29, 1.82) is 0 Å². The Morgan fingerprint density at radius 3 is 2.69 bits per heavy atom. The van der Waals surface area contributed by atoms with Gasteiger partial charge in [-0.2, -0.15) is 0 Å². The molecular weight excluding hydrogens is 406 g/mol. The molecule has 168 valence electrons. The second kappa shape index (κ2) is 7.24. The van der Waals surface area contributed by atoms with Gasteiger partial charge < -0.3 is 19.8 Å². The van der Waals surface area contributed by atoms with Crippen LogP contribution in [0.5, 0.6) is 5.75 Å². The molecule has 0 radical (unpaired) electrons. The molecule has 0 unspecified atom stereocenters. The van der Waals surface area contributed by atoms with Crippen LogP contribution in [0.1, 0.15) is 53.9 Å². The molecule has 0 amide bonds. The average molecular weight is 436 g/mol. The number of carboxylic acids is 1. The van der Waals surface area contributed by atoms with Crippen LogP contribution in [0.15, 0.2) is 23.0 Å². The highest BCUT2D eigenvalue weighted by Crippen LogP contribution is 2.38. The van der Waals surface area contributed by atoms with E-state index in [-0.39, 0.29) is 0 Å². The SMILES string of the molecule is Cn1c(CN2CCC(C)(C)C2)cc2cc3c(cc21)CCCc1c-3[nH]c(=O)c(C(=O)O)c1O. The molecule has 0 bridgehead atoms. The van der Waals surface area contributed by atoms with Crippen LogP contribution in [0.3, 0.4) is 0 Å². The number of benzene rings is 1. The smallest absolute Gasteiger partial charge is 0.345 e. The molecule has 0 atom stereocenters. The fourth-order valence-corrected chi connectivity index (χ4v) is 5.42. The number of aromatic nitrogens is 2. The highest BCUT2D eigenvalue weighted by atomic mass is 16.4. The third kappa shape index (κ3) is 3.32. The van der Waals surface area contributed by atoms with Crippen molar-refractivity contribution in [2.45, 2.75) is 46.1 Å². The maximum atomic E-state index is 12.4. The number of aromatic carboxylic acids is 1. The minimum absolute atomic E-state index is 0.355. The van der Waals surface area contributed by atoms with Crippen molar-refractivity contribution in [1.82, 2.24) is 14.5 Å². The number of likely N-dealkylation sites (tertiary alicyclic amines) is 1. The van der Waals surface area contributed by atoms with Gasteiger partial charge in [-0.3, -0.25) is 9.69 Å². The number of carboxylic acid groups (broad SMARTS) is 1. The van der Waals surface area contributed by atoms with E-state index in [0.717, 1.165) is 54.5 Å². The van der Waals surface area contributed by atoms with Crippen molar-refractivity contribution in [2.24, 2.45) is 12.5 Å². The van der Waals surface area contributed by atoms with Gasteiger partial charge in [-0.25, -0.2) is 4.79 Å². The lowest BCUT2D eigenvalue weighted by atomic mass is 9.93. The highest BCUT2D eigenvalue weighted by molar-refractivity contribution is 5.93. The minimum Gasteiger partial charge on any atom is -0.506 e. The van der Waals surface area contributed by atoms with Crippen molar-refractivity contribution in [3.8, 4) is 17.0 Å². The van der Waals surface area contributed by atoms with E-state index in [1.54, 1.807) is 0 Å². The van der Waals surface area contributed by atoms with E-state index in [9.17, 15) is 19.8 Å². The summed E-state index contributed by atoms with van der Waals surface area (Å²) in [6.07, 6.45) is 3.28. The van der Waals surface area contributed by atoms with E-state index in [2.05, 4.69) is 53.5 Å². The first-order valence-electron chi connectivity index (χ1n) is 11.2. The van der Waals surface area contributed by atoms with Crippen LogP contribution < -0.4 is 5.56 Å². The van der Waals surface area contributed by atoms with Crippen LogP contribution in [0.2, 0.25) is 0 Å². The average Bonchev–Trinajstić information content (AvgIpc) is 3.13. The number of nitrogens with zero attached hydrogens (tertiary/aromatic N) is 2. The summed E-state index contributed by atoms with van der Waals surface area (Å²) in [6.45, 7) is 7.72. The number of pyridine rings is 1. The minimum atomic E-state index is -1.41. The zero-order valence-corrected chi connectivity index (χ0v) is 18.8. The Balaban J connectivity index is 1.62. The normalized spacial score (nSPS) is 17.8. The van der Waals surface area contributed by atoms with Crippen LogP contribution in [0.25, 0.3) is 22.2 Å². The molecule has 3 aromatic rings. The summed E-state index contributed by atoms with van der Waals surface area (Å²) in [5.41, 5.74) is 4.42. The van der Waals surface area contributed by atoms with Crippen LogP contribution in [0.4, 0.5) is 0 Å². The lowest BCUT2D eigenvalue weighted by Crippen LogP contribution is -2.23. The van der Waals surface area contributed by atoms with Crippen LogP contribution in [0, 0.1) is 5.41 Å². The molecule has 0 spiro atoms. The third-order valence-electron chi connectivity index (χ3n) is 7.15. The largest absolute Gasteiger partial charge is 0.506 e. The van der Waals surface area contributed by atoms with Gasteiger partial charge >= 0.3 is 5.97 Å². The van der Waals surface area contributed by atoms with Crippen molar-refractivity contribution in [3.05, 3.63) is 50.9 Å². The molecular formula is C25H29N3O4. The lowest BCUT2D eigenvalue weighted by Gasteiger charge is -2.19. The number of nitrogens with one attached hydrogen (secondary N) is 1. The summed E-state index contributed by atoms with van der Waals surface area (Å²) in [4.78, 5) is 29.2. The Kier molecular flexibility index (Phi) is 4.71. The fraction of sp³-hybridized carbons (Fsp3) is 0.440. The quantitative estimate of drug-likeness (QED) is 0.583. The zero-order chi connectivity index (χ0) is 22.8. The number of hydrogen-bond acceptors (Lipinski definition) is 4. The number of rotatable bonds is 3. The summed E-state index contributed by atoms with van der Waals surface area (Å²) >= 11 is 0. The summed E-state index contributed by atoms with van der Waals surface area (Å²) < 4.78 is 2.25. The summed E-state index contributed by atoms with van der Waals surface area (Å²) in [5, 5.41) is 21.0. The summed E-state index contributed by atoms with van der Waals surface area (Å²) in [6, 6.07) is 6.45. The van der Waals surface area contributed by atoms with Crippen LogP contribution >= 0.6 is 0 Å². The number of hydrogen-bond donors (Lipinski definition) is 3. The Hall–Kier alpha value is -3.06. The van der Waals surface area contributed by atoms with Crippen molar-refractivity contribution >= 4 is 16.9 Å². The van der Waals surface area contributed by atoms with Crippen molar-refractivity contribution in [3.63, 3.8) is 0 Å². The van der Waals surface area contributed by atoms with Gasteiger partial charge in [-0.05, 0) is 61.4 Å². The molecule has 7 heteroatoms. The van der Waals surface area contributed by atoms with Crippen molar-refractivity contribution in [2.75, 3.05) is 13.1 Å². The molecule has 2 aromatic heterocycles. The standard InChI is InChI=1S/C25H29N3O4/c1-25(2)7-8-28(13-25)12-16-9-15-10-18-14(11-19(15)27(16)3)5-4-6-17-21(18)26-23(30)20(22(17)29)24(31)32/h9-11H,4-8,12-13H2,1-3H3,(H,31,32)(H2,26,29,30). The topological polar surface area (TPSA) is 98.6 Å². The Morgan fingerprint density at radius 1 is 1.22 bits per heavy atom. The summed E-state index contributed by atoms with van der Waals surface area (Å²) in [7, 11) is 2.10. The molecule has 1 aliphatic carbocycles.